The maximum Gasteiger partial charge on any atom is 0.146 e. The first-order valence-electron chi connectivity index (χ1n) is 7.68. The van der Waals surface area contributed by atoms with Gasteiger partial charge in [-0.15, -0.1) is 0 Å². The second-order valence-corrected chi connectivity index (χ2v) is 6.12. The summed E-state index contributed by atoms with van der Waals surface area (Å²) in [6.07, 6.45) is 3.27. The summed E-state index contributed by atoms with van der Waals surface area (Å²) in [6, 6.07) is 6.57. The molecule has 3 nitrogen and oxygen atoms in total. The van der Waals surface area contributed by atoms with Crippen molar-refractivity contribution in [3.63, 3.8) is 0 Å². The van der Waals surface area contributed by atoms with Gasteiger partial charge in [-0.25, -0.2) is 4.39 Å². The molecule has 0 bridgehead atoms. The standard InChI is InChI=1S/C16H24FN3/c1-12-10-19-8-2-3-14(19)11-20(12)16-5-4-13(6-7-18)9-15(16)17/h4-5,9,12,14H,2-3,6-8,10-11,18H2,1H3. The minimum Gasteiger partial charge on any atom is -0.364 e. The maximum atomic E-state index is 14.4. The van der Waals surface area contributed by atoms with Crippen LogP contribution in [0.3, 0.4) is 0 Å². The highest BCUT2D eigenvalue weighted by Crippen LogP contribution is 2.30. The van der Waals surface area contributed by atoms with Crippen LogP contribution in [0, 0.1) is 5.82 Å². The van der Waals surface area contributed by atoms with E-state index in [1.807, 2.05) is 12.1 Å². The Balaban J connectivity index is 1.81. The first-order valence-corrected chi connectivity index (χ1v) is 7.68. The number of anilines is 1. The van der Waals surface area contributed by atoms with Crippen molar-refractivity contribution >= 4 is 5.69 Å². The van der Waals surface area contributed by atoms with Crippen LogP contribution in [-0.2, 0) is 6.42 Å². The summed E-state index contributed by atoms with van der Waals surface area (Å²) in [4.78, 5) is 4.80. The lowest BCUT2D eigenvalue weighted by Crippen LogP contribution is -2.55. The highest BCUT2D eigenvalue weighted by molar-refractivity contribution is 5.51. The van der Waals surface area contributed by atoms with Gasteiger partial charge in [0.25, 0.3) is 0 Å². The molecule has 1 aromatic rings. The van der Waals surface area contributed by atoms with Crippen molar-refractivity contribution in [3.8, 4) is 0 Å². The van der Waals surface area contributed by atoms with Gasteiger partial charge in [-0.05, 0) is 57.0 Å². The molecule has 3 rings (SSSR count). The quantitative estimate of drug-likeness (QED) is 0.917. The molecule has 2 unspecified atom stereocenters. The number of nitrogens with zero attached hydrogens (tertiary/aromatic N) is 2. The van der Waals surface area contributed by atoms with Crippen LogP contribution in [0.1, 0.15) is 25.3 Å². The fourth-order valence-electron chi connectivity index (χ4n) is 3.63. The Morgan fingerprint density at radius 1 is 1.35 bits per heavy atom. The fourth-order valence-corrected chi connectivity index (χ4v) is 3.63. The predicted octanol–water partition coefficient (Wildman–Crippen LogP) is 2.00. The number of nitrogens with two attached hydrogens (primary N) is 1. The zero-order chi connectivity index (χ0) is 14.1. The van der Waals surface area contributed by atoms with Crippen molar-refractivity contribution in [3.05, 3.63) is 29.6 Å². The van der Waals surface area contributed by atoms with Crippen LogP contribution in [0.15, 0.2) is 18.2 Å². The van der Waals surface area contributed by atoms with E-state index in [9.17, 15) is 4.39 Å². The summed E-state index contributed by atoms with van der Waals surface area (Å²) in [5.74, 6) is -0.103. The highest BCUT2D eigenvalue weighted by atomic mass is 19.1. The topological polar surface area (TPSA) is 32.5 Å². The maximum absolute atomic E-state index is 14.4. The SMILES string of the molecule is CC1CN2CCCC2CN1c1ccc(CCN)cc1F. The lowest BCUT2D eigenvalue weighted by atomic mass is 10.1. The second-order valence-electron chi connectivity index (χ2n) is 6.12. The van der Waals surface area contributed by atoms with E-state index < -0.39 is 0 Å². The smallest absolute Gasteiger partial charge is 0.146 e. The Kier molecular flexibility index (Phi) is 3.94. The zero-order valence-corrected chi connectivity index (χ0v) is 12.2. The summed E-state index contributed by atoms with van der Waals surface area (Å²) >= 11 is 0. The van der Waals surface area contributed by atoms with Crippen LogP contribution in [0.5, 0.6) is 0 Å². The number of halogens is 1. The highest BCUT2D eigenvalue weighted by Gasteiger charge is 2.35. The molecule has 0 aromatic heterocycles. The van der Waals surface area contributed by atoms with E-state index in [-0.39, 0.29) is 5.82 Å². The molecule has 0 spiro atoms. The minimum absolute atomic E-state index is 0.103. The van der Waals surface area contributed by atoms with Crippen LogP contribution in [0.2, 0.25) is 0 Å². The van der Waals surface area contributed by atoms with Crippen molar-refractivity contribution in [2.75, 3.05) is 31.1 Å². The fraction of sp³-hybridized carbons (Fsp3) is 0.625. The predicted molar refractivity (Wildman–Crippen MR) is 80.6 cm³/mol. The first kappa shape index (κ1) is 13.8. The first-order chi connectivity index (χ1) is 9.69. The zero-order valence-electron chi connectivity index (χ0n) is 12.2. The normalized spacial score (nSPS) is 26.9. The van der Waals surface area contributed by atoms with E-state index in [4.69, 9.17) is 5.73 Å². The van der Waals surface area contributed by atoms with Crippen LogP contribution in [0.25, 0.3) is 0 Å². The molecule has 0 radical (unpaired) electrons. The van der Waals surface area contributed by atoms with Gasteiger partial charge in [0.15, 0.2) is 0 Å². The van der Waals surface area contributed by atoms with Gasteiger partial charge < -0.3 is 10.6 Å². The summed E-state index contributed by atoms with van der Waals surface area (Å²) in [5.41, 5.74) is 7.27. The lowest BCUT2D eigenvalue weighted by Gasteiger charge is -2.43. The van der Waals surface area contributed by atoms with E-state index in [0.717, 1.165) is 30.8 Å². The van der Waals surface area contributed by atoms with E-state index in [0.29, 0.717) is 18.6 Å². The van der Waals surface area contributed by atoms with Gasteiger partial charge >= 0.3 is 0 Å². The monoisotopic (exact) mass is 277 g/mol. The molecule has 2 fully saturated rings. The molecule has 0 amide bonds. The van der Waals surface area contributed by atoms with Crippen LogP contribution >= 0.6 is 0 Å². The number of benzene rings is 1. The molecule has 0 aliphatic carbocycles. The molecular formula is C16H24FN3. The molecule has 110 valence electrons. The van der Waals surface area contributed by atoms with Crippen molar-refractivity contribution in [1.29, 1.82) is 0 Å². The average Bonchev–Trinajstić information content (AvgIpc) is 2.86. The van der Waals surface area contributed by atoms with Crippen LogP contribution in [-0.4, -0.2) is 43.2 Å². The van der Waals surface area contributed by atoms with Gasteiger partial charge in [0, 0.05) is 25.2 Å². The van der Waals surface area contributed by atoms with Gasteiger partial charge in [0.05, 0.1) is 5.69 Å². The van der Waals surface area contributed by atoms with Gasteiger partial charge in [-0.3, -0.25) is 4.90 Å². The molecule has 0 saturated carbocycles. The summed E-state index contributed by atoms with van der Waals surface area (Å²) in [6.45, 7) is 5.97. The Morgan fingerprint density at radius 3 is 2.95 bits per heavy atom. The minimum atomic E-state index is -0.103. The molecule has 2 saturated heterocycles. The average molecular weight is 277 g/mol. The Morgan fingerprint density at radius 2 is 2.20 bits per heavy atom. The van der Waals surface area contributed by atoms with E-state index in [1.165, 1.54) is 19.4 Å². The Bertz CT molecular complexity index is 477. The second kappa shape index (κ2) is 5.70. The molecule has 2 N–H and O–H groups in total. The number of fused-ring (bicyclic) bond motifs is 1. The largest absolute Gasteiger partial charge is 0.364 e. The number of hydrogen-bond donors (Lipinski definition) is 1. The number of rotatable bonds is 3. The van der Waals surface area contributed by atoms with Crippen molar-refractivity contribution in [2.24, 2.45) is 5.73 Å². The third kappa shape index (κ3) is 2.54. The molecule has 2 heterocycles. The molecule has 2 atom stereocenters. The Labute approximate surface area is 120 Å². The summed E-state index contributed by atoms with van der Waals surface area (Å²) < 4.78 is 14.4. The van der Waals surface area contributed by atoms with E-state index in [2.05, 4.69) is 16.7 Å². The molecule has 1 aromatic carbocycles. The Hall–Kier alpha value is -1.13. The summed E-state index contributed by atoms with van der Waals surface area (Å²) in [7, 11) is 0. The van der Waals surface area contributed by atoms with E-state index >= 15 is 0 Å². The van der Waals surface area contributed by atoms with Gasteiger partial charge in [0.1, 0.15) is 5.82 Å². The molecular weight excluding hydrogens is 253 g/mol. The van der Waals surface area contributed by atoms with Crippen molar-refractivity contribution < 1.29 is 4.39 Å². The van der Waals surface area contributed by atoms with Gasteiger partial charge in [0.2, 0.25) is 0 Å². The van der Waals surface area contributed by atoms with Crippen LogP contribution in [0.4, 0.5) is 10.1 Å². The summed E-state index contributed by atoms with van der Waals surface area (Å²) in [5, 5.41) is 0. The number of hydrogen-bond acceptors (Lipinski definition) is 3. The molecule has 4 heteroatoms. The van der Waals surface area contributed by atoms with Crippen molar-refractivity contribution in [1.82, 2.24) is 4.90 Å². The van der Waals surface area contributed by atoms with E-state index in [1.54, 1.807) is 6.07 Å². The lowest BCUT2D eigenvalue weighted by molar-refractivity contribution is 0.202. The van der Waals surface area contributed by atoms with Crippen LogP contribution < -0.4 is 10.6 Å². The third-order valence-electron chi connectivity index (χ3n) is 4.69. The molecule has 2 aliphatic rings. The van der Waals surface area contributed by atoms with Gasteiger partial charge in [-0.2, -0.15) is 0 Å². The third-order valence-corrected chi connectivity index (χ3v) is 4.69. The van der Waals surface area contributed by atoms with Gasteiger partial charge in [-0.1, -0.05) is 6.07 Å². The molecule has 2 aliphatic heterocycles. The number of piperazine rings is 1. The molecule has 20 heavy (non-hydrogen) atoms. The van der Waals surface area contributed by atoms with Crippen molar-refractivity contribution in [2.45, 2.75) is 38.3 Å².